The molecule has 0 fully saturated rings. The molecule has 0 bridgehead atoms. The van der Waals surface area contributed by atoms with Crippen molar-refractivity contribution in [3.05, 3.63) is 65.1 Å². The van der Waals surface area contributed by atoms with Crippen molar-refractivity contribution in [3.63, 3.8) is 0 Å². The second-order valence-corrected chi connectivity index (χ2v) is 4.39. The molecule has 0 aromatic heterocycles. The highest BCUT2D eigenvalue weighted by molar-refractivity contribution is 6.00. The van der Waals surface area contributed by atoms with Crippen molar-refractivity contribution in [2.45, 2.75) is 6.42 Å². The van der Waals surface area contributed by atoms with E-state index in [4.69, 9.17) is 16.4 Å². The lowest BCUT2D eigenvalue weighted by Crippen LogP contribution is -2.11. The van der Waals surface area contributed by atoms with Gasteiger partial charge in [-0.15, -0.1) is 6.42 Å². The van der Waals surface area contributed by atoms with E-state index in [-0.39, 0.29) is 0 Å². The highest BCUT2D eigenvalue weighted by Crippen LogP contribution is 2.31. The fourth-order valence-corrected chi connectivity index (χ4v) is 2.27. The topological polar surface area (TPSA) is 45.4 Å². The third-order valence-electron chi connectivity index (χ3n) is 3.22. The van der Waals surface area contributed by atoms with Crippen LogP contribution in [0.3, 0.4) is 0 Å². The molecule has 0 spiro atoms. The average Bonchev–Trinajstić information content (AvgIpc) is 2.53. The van der Waals surface area contributed by atoms with Gasteiger partial charge in [0.05, 0.1) is 11.8 Å². The van der Waals surface area contributed by atoms with E-state index in [1.54, 1.807) is 18.5 Å². The minimum Gasteiger partial charge on any atom is -0.446 e. The molecule has 0 atom stereocenters. The summed E-state index contributed by atoms with van der Waals surface area (Å²) < 4.78 is 5.33. The average molecular weight is 258 g/mol. The van der Waals surface area contributed by atoms with Crippen LogP contribution in [-0.2, 0) is 4.74 Å². The zero-order chi connectivity index (χ0) is 13.9. The molecule has 1 aromatic carbocycles. The zero-order valence-corrected chi connectivity index (χ0v) is 10.6. The SMILES string of the molecule is C#Cc1c(C#N)cccc1C1=CN=C2OC=CC=C2C1. The maximum absolute atomic E-state index is 9.13. The van der Waals surface area contributed by atoms with Crippen LogP contribution in [0.5, 0.6) is 0 Å². The first-order valence-electron chi connectivity index (χ1n) is 6.13. The molecular weight excluding hydrogens is 248 g/mol. The molecule has 3 rings (SSSR count). The van der Waals surface area contributed by atoms with Gasteiger partial charge in [0, 0.05) is 23.8 Å². The molecule has 2 aliphatic rings. The molecule has 0 saturated heterocycles. The monoisotopic (exact) mass is 258 g/mol. The van der Waals surface area contributed by atoms with Crippen molar-refractivity contribution in [3.8, 4) is 18.4 Å². The van der Waals surface area contributed by atoms with Gasteiger partial charge in [0.1, 0.15) is 6.07 Å². The summed E-state index contributed by atoms with van der Waals surface area (Å²) in [4.78, 5) is 4.30. The second kappa shape index (κ2) is 4.91. The standard InChI is InChI=1S/C17H10N2O/c1-2-15-13(10-18)5-3-7-16(15)14-9-12-6-4-8-20-17(12)19-11-14/h1,3-8,11H,9H2. The van der Waals surface area contributed by atoms with Gasteiger partial charge in [-0.1, -0.05) is 24.1 Å². The molecular formula is C17H10N2O. The minimum absolute atomic E-state index is 0.509. The number of fused-ring (bicyclic) bond motifs is 1. The van der Waals surface area contributed by atoms with Crippen molar-refractivity contribution in [2.24, 2.45) is 4.99 Å². The number of ether oxygens (including phenoxy) is 1. The van der Waals surface area contributed by atoms with Gasteiger partial charge >= 0.3 is 0 Å². The highest BCUT2D eigenvalue weighted by atomic mass is 16.5. The van der Waals surface area contributed by atoms with Crippen molar-refractivity contribution in [1.82, 2.24) is 0 Å². The van der Waals surface area contributed by atoms with E-state index >= 15 is 0 Å². The van der Waals surface area contributed by atoms with Crippen LogP contribution in [-0.4, -0.2) is 5.90 Å². The van der Waals surface area contributed by atoms with Crippen LogP contribution in [0.4, 0.5) is 0 Å². The molecule has 94 valence electrons. The largest absolute Gasteiger partial charge is 0.446 e. The van der Waals surface area contributed by atoms with Gasteiger partial charge in [-0.25, -0.2) is 4.99 Å². The van der Waals surface area contributed by atoms with Crippen LogP contribution in [0, 0.1) is 23.7 Å². The van der Waals surface area contributed by atoms with Crippen LogP contribution >= 0.6 is 0 Å². The Labute approximate surface area is 117 Å². The van der Waals surface area contributed by atoms with Gasteiger partial charge in [0.25, 0.3) is 0 Å². The van der Waals surface area contributed by atoms with Crippen molar-refractivity contribution >= 4 is 11.5 Å². The number of rotatable bonds is 1. The van der Waals surface area contributed by atoms with Crippen LogP contribution in [0.25, 0.3) is 5.57 Å². The summed E-state index contributed by atoms with van der Waals surface area (Å²) in [5, 5.41) is 9.13. The summed E-state index contributed by atoms with van der Waals surface area (Å²) in [5.74, 6) is 3.23. The molecule has 0 unspecified atom stereocenters. The van der Waals surface area contributed by atoms with Crippen LogP contribution < -0.4 is 0 Å². The van der Waals surface area contributed by atoms with Gasteiger partial charge in [-0.3, -0.25) is 0 Å². The molecule has 0 N–H and O–H groups in total. The Hall–Kier alpha value is -3.04. The van der Waals surface area contributed by atoms with Gasteiger partial charge in [-0.05, 0) is 23.3 Å². The van der Waals surface area contributed by atoms with E-state index in [1.807, 2.05) is 24.3 Å². The summed E-state index contributed by atoms with van der Waals surface area (Å²) in [7, 11) is 0. The molecule has 2 aliphatic heterocycles. The Morgan fingerprint density at radius 1 is 1.30 bits per heavy atom. The predicted molar refractivity (Wildman–Crippen MR) is 77.4 cm³/mol. The quantitative estimate of drug-likeness (QED) is 0.726. The van der Waals surface area contributed by atoms with Crippen molar-refractivity contribution in [2.75, 3.05) is 0 Å². The second-order valence-electron chi connectivity index (χ2n) is 4.39. The number of nitrogens with zero attached hydrogens (tertiary/aromatic N) is 2. The number of hydrogen-bond acceptors (Lipinski definition) is 3. The van der Waals surface area contributed by atoms with E-state index in [0.717, 1.165) is 16.7 Å². The number of benzene rings is 1. The Bertz CT molecular complexity index is 780. The van der Waals surface area contributed by atoms with E-state index in [0.29, 0.717) is 23.4 Å². The summed E-state index contributed by atoms with van der Waals surface area (Å²) in [5.41, 5.74) is 4.01. The lowest BCUT2D eigenvalue weighted by Gasteiger charge is -2.19. The predicted octanol–water partition coefficient (Wildman–Crippen LogP) is 3.15. The Morgan fingerprint density at radius 2 is 2.20 bits per heavy atom. The number of allylic oxidation sites excluding steroid dienone is 3. The normalized spacial score (nSPS) is 15.8. The first-order chi connectivity index (χ1) is 9.83. The smallest absolute Gasteiger partial charge is 0.221 e. The zero-order valence-electron chi connectivity index (χ0n) is 10.6. The molecule has 0 saturated carbocycles. The molecule has 20 heavy (non-hydrogen) atoms. The molecule has 0 radical (unpaired) electrons. The lowest BCUT2D eigenvalue weighted by atomic mass is 9.91. The fourth-order valence-electron chi connectivity index (χ4n) is 2.27. The summed E-state index contributed by atoms with van der Waals surface area (Å²) in [6.07, 6.45) is 13.4. The minimum atomic E-state index is 0.509. The maximum atomic E-state index is 9.13. The van der Waals surface area contributed by atoms with Gasteiger partial charge in [0.2, 0.25) is 5.90 Å². The molecule has 3 heteroatoms. The van der Waals surface area contributed by atoms with E-state index in [9.17, 15) is 0 Å². The number of nitriles is 1. The maximum Gasteiger partial charge on any atom is 0.221 e. The first-order valence-corrected chi connectivity index (χ1v) is 6.13. The number of aliphatic imine (C=N–C) groups is 1. The molecule has 1 aromatic rings. The highest BCUT2D eigenvalue weighted by Gasteiger charge is 2.19. The van der Waals surface area contributed by atoms with Crippen molar-refractivity contribution in [1.29, 1.82) is 5.26 Å². The first kappa shape index (κ1) is 12.0. The fraction of sp³-hybridized carbons (Fsp3) is 0.0588. The Kier molecular flexibility index (Phi) is 2.95. The lowest BCUT2D eigenvalue weighted by molar-refractivity contribution is 0.466. The molecule has 3 nitrogen and oxygen atoms in total. The van der Waals surface area contributed by atoms with E-state index in [2.05, 4.69) is 17.0 Å². The number of terminal acetylenes is 1. The van der Waals surface area contributed by atoms with E-state index in [1.165, 1.54) is 0 Å². The summed E-state index contributed by atoms with van der Waals surface area (Å²) in [6.45, 7) is 0. The number of hydrogen-bond donors (Lipinski definition) is 0. The van der Waals surface area contributed by atoms with Gasteiger partial charge in [-0.2, -0.15) is 5.26 Å². The third-order valence-corrected chi connectivity index (χ3v) is 3.22. The van der Waals surface area contributed by atoms with Crippen LogP contribution in [0.15, 0.2) is 53.4 Å². The Morgan fingerprint density at radius 3 is 3.00 bits per heavy atom. The Balaban J connectivity index is 2.09. The summed E-state index contributed by atoms with van der Waals surface area (Å²) in [6, 6.07) is 7.60. The van der Waals surface area contributed by atoms with Gasteiger partial charge in [0.15, 0.2) is 0 Å². The van der Waals surface area contributed by atoms with Crippen molar-refractivity contribution < 1.29 is 4.74 Å². The summed E-state index contributed by atoms with van der Waals surface area (Å²) >= 11 is 0. The third kappa shape index (κ3) is 1.92. The van der Waals surface area contributed by atoms with Crippen LogP contribution in [0.1, 0.15) is 23.1 Å². The van der Waals surface area contributed by atoms with Gasteiger partial charge < -0.3 is 4.74 Å². The van der Waals surface area contributed by atoms with E-state index < -0.39 is 0 Å². The molecule has 0 aliphatic carbocycles. The van der Waals surface area contributed by atoms with Crippen LogP contribution in [0.2, 0.25) is 0 Å². The molecule has 0 amide bonds. The molecule has 2 heterocycles.